The number of nitrogens with one attached hydrogen (secondary N) is 3. The molecule has 0 saturated carbocycles. The number of hydrogen-bond acceptors (Lipinski definition) is 7. The Morgan fingerprint density at radius 2 is 2.26 bits per heavy atom. The van der Waals surface area contributed by atoms with Crippen LogP contribution in [0.3, 0.4) is 0 Å². The van der Waals surface area contributed by atoms with E-state index in [1.54, 1.807) is 35.6 Å². The Kier molecular flexibility index (Phi) is 2.93. The van der Waals surface area contributed by atoms with Gasteiger partial charge in [0.05, 0.1) is 12.7 Å². The van der Waals surface area contributed by atoms with E-state index in [9.17, 15) is 9.59 Å². The summed E-state index contributed by atoms with van der Waals surface area (Å²) in [4.78, 5) is 29.8. The molecular formula is C13H12N8O2. The van der Waals surface area contributed by atoms with Gasteiger partial charge in [0.15, 0.2) is 11.5 Å². The van der Waals surface area contributed by atoms with Crippen LogP contribution in [-0.2, 0) is 4.79 Å². The number of carbonyl (C=O) groups is 2. The van der Waals surface area contributed by atoms with E-state index in [2.05, 4.69) is 31.2 Å². The zero-order valence-corrected chi connectivity index (χ0v) is 11.8. The fraction of sp³-hybridized carbons (Fsp3) is 0.154. The molecule has 10 heteroatoms. The second kappa shape index (κ2) is 5.09. The molecule has 2 aromatic rings. The Hall–Kier alpha value is -3.43. The lowest BCUT2D eigenvalue weighted by Crippen LogP contribution is -2.51. The molecule has 4 heterocycles. The molecule has 2 aliphatic heterocycles. The molecule has 0 saturated heterocycles. The van der Waals surface area contributed by atoms with Gasteiger partial charge in [-0.25, -0.2) is 9.50 Å². The maximum atomic E-state index is 12.3. The molecule has 3 N–H and O–H groups in total. The van der Waals surface area contributed by atoms with Gasteiger partial charge in [-0.2, -0.15) is 10.2 Å². The average Bonchev–Trinajstić information content (AvgIpc) is 3.19. The van der Waals surface area contributed by atoms with Gasteiger partial charge in [0.1, 0.15) is 5.69 Å². The molecule has 0 aliphatic carbocycles. The Balaban J connectivity index is 1.48. The first kappa shape index (κ1) is 13.2. The lowest BCUT2D eigenvalue weighted by molar-refractivity contribution is -0.124. The van der Waals surface area contributed by atoms with Gasteiger partial charge in [0.2, 0.25) is 6.17 Å². The van der Waals surface area contributed by atoms with E-state index >= 15 is 0 Å². The summed E-state index contributed by atoms with van der Waals surface area (Å²) in [6, 6.07) is 3.30. The molecule has 0 radical (unpaired) electrons. The average molecular weight is 312 g/mol. The number of aromatic nitrogens is 3. The van der Waals surface area contributed by atoms with Crippen molar-refractivity contribution in [1.29, 1.82) is 0 Å². The van der Waals surface area contributed by atoms with Gasteiger partial charge in [0, 0.05) is 24.7 Å². The molecule has 4 rings (SSSR count). The van der Waals surface area contributed by atoms with Crippen LogP contribution in [0.5, 0.6) is 0 Å². The third-order valence-electron chi connectivity index (χ3n) is 3.53. The van der Waals surface area contributed by atoms with Gasteiger partial charge in [-0.15, -0.1) is 0 Å². The normalized spacial score (nSPS) is 19.1. The topological polar surface area (TPSA) is 116 Å². The summed E-state index contributed by atoms with van der Waals surface area (Å²) in [5, 5.41) is 13.5. The fourth-order valence-corrected chi connectivity index (χ4v) is 2.43. The summed E-state index contributed by atoms with van der Waals surface area (Å²) < 4.78 is 1.46. The smallest absolute Gasteiger partial charge is 0.270 e. The van der Waals surface area contributed by atoms with E-state index in [0.717, 1.165) is 0 Å². The Labute approximate surface area is 129 Å². The first-order chi connectivity index (χ1) is 11.2. The molecule has 10 nitrogen and oxygen atoms in total. The highest BCUT2D eigenvalue weighted by Crippen LogP contribution is 2.10. The van der Waals surface area contributed by atoms with Gasteiger partial charge >= 0.3 is 0 Å². The Morgan fingerprint density at radius 3 is 3.17 bits per heavy atom. The van der Waals surface area contributed by atoms with Crippen LogP contribution >= 0.6 is 0 Å². The SMILES string of the molecule is O=C(NCC1=NNC2C(=O)NC=CN12)c1ccnc2ccnn12. The zero-order valence-electron chi connectivity index (χ0n) is 11.8. The van der Waals surface area contributed by atoms with Crippen LogP contribution < -0.4 is 16.1 Å². The second-order valence-electron chi connectivity index (χ2n) is 4.91. The van der Waals surface area contributed by atoms with Gasteiger partial charge in [-0.05, 0) is 6.07 Å². The lowest BCUT2D eigenvalue weighted by Gasteiger charge is -2.25. The summed E-state index contributed by atoms with van der Waals surface area (Å²) in [5.41, 5.74) is 3.68. The van der Waals surface area contributed by atoms with Crippen molar-refractivity contribution in [2.45, 2.75) is 6.17 Å². The van der Waals surface area contributed by atoms with Crippen LogP contribution in [0.25, 0.3) is 5.65 Å². The molecule has 1 atom stereocenters. The van der Waals surface area contributed by atoms with Crippen LogP contribution in [0, 0.1) is 0 Å². The third kappa shape index (κ3) is 2.16. The minimum Gasteiger partial charge on any atom is -0.343 e. The standard InChI is InChI=1S/C13H12N8O2/c22-12(8-1-3-14-9-2-4-17-21(8)9)16-7-10-18-19-11-13(23)15-5-6-20(10)11/h1-6,11,19H,7H2,(H,15,23)(H,16,22). The summed E-state index contributed by atoms with van der Waals surface area (Å²) in [6.07, 6.45) is 5.76. The van der Waals surface area contributed by atoms with Gasteiger partial charge in [0.25, 0.3) is 11.8 Å². The molecule has 0 aromatic carbocycles. The van der Waals surface area contributed by atoms with Crippen molar-refractivity contribution in [3.05, 3.63) is 42.6 Å². The highest BCUT2D eigenvalue weighted by Gasteiger charge is 2.33. The van der Waals surface area contributed by atoms with Crippen molar-refractivity contribution in [2.24, 2.45) is 5.10 Å². The minimum absolute atomic E-state index is 0.172. The molecule has 2 amide bonds. The number of hydrazone groups is 1. The summed E-state index contributed by atoms with van der Waals surface area (Å²) in [6.45, 7) is 0.172. The van der Waals surface area contributed by atoms with Crippen molar-refractivity contribution < 1.29 is 9.59 Å². The van der Waals surface area contributed by atoms with Crippen molar-refractivity contribution >= 4 is 23.3 Å². The lowest BCUT2D eigenvalue weighted by atomic mass is 10.3. The zero-order chi connectivity index (χ0) is 15.8. The maximum absolute atomic E-state index is 12.3. The van der Waals surface area contributed by atoms with Gasteiger partial charge in [-0.1, -0.05) is 0 Å². The number of amidine groups is 1. The predicted molar refractivity (Wildman–Crippen MR) is 78.8 cm³/mol. The Morgan fingerprint density at radius 1 is 1.35 bits per heavy atom. The highest BCUT2D eigenvalue weighted by molar-refractivity contribution is 5.99. The first-order valence-corrected chi connectivity index (χ1v) is 6.88. The minimum atomic E-state index is -0.578. The van der Waals surface area contributed by atoms with E-state index < -0.39 is 6.17 Å². The number of fused-ring (bicyclic) bond motifs is 2. The number of amides is 2. The molecule has 116 valence electrons. The van der Waals surface area contributed by atoms with E-state index in [0.29, 0.717) is 17.2 Å². The maximum Gasteiger partial charge on any atom is 0.270 e. The number of nitrogens with zero attached hydrogens (tertiary/aromatic N) is 5. The molecule has 2 aliphatic rings. The van der Waals surface area contributed by atoms with Crippen LogP contribution in [0.15, 0.2) is 42.0 Å². The van der Waals surface area contributed by atoms with Crippen molar-refractivity contribution in [2.75, 3.05) is 6.54 Å². The van der Waals surface area contributed by atoms with E-state index in [1.165, 1.54) is 10.7 Å². The van der Waals surface area contributed by atoms with Crippen LogP contribution in [-0.4, -0.2) is 49.9 Å². The van der Waals surface area contributed by atoms with Crippen molar-refractivity contribution in [3.8, 4) is 0 Å². The van der Waals surface area contributed by atoms with Gasteiger partial charge in [-0.3, -0.25) is 15.0 Å². The molecule has 2 aromatic heterocycles. The predicted octanol–water partition coefficient (Wildman–Crippen LogP) is -1.40. The van der Waals surface area contributed by atoms with Crippen molar-refractivity contribution in [1.82, 2.24) is 35.6 Å². The van der Waals surface area contributed by atoms with E-state index in [4.69, 9.17) is 0 Å². The highest BCUT2D eigenvalue weighted by atomic mass is 16.2. The quantitative estimate of drug-likeness (QED) is 0.642. The number of rotatable bonds is 3. The largest absolute Gasteiger partial charge is 0.343 e. The molecule has 0 bridgehead atoms. The van der Waals surface area contributed by atoms with Crippen LogP contribution in [0.2, 0.25) is 0 Å². The van der Waals surface area contributed by atoms with E-state index in [1.807, 2.05) is 0 Å². The molecular weight excluding hydrogens is 300 g/mol. The molecule has 23 heavy (non-hydrogen) atoms. The third-order valence-corrected chi connectivity index (χ3v) is 3.53. The molecule has 1 unspecified atom stereocenters. The van der Waals surface area contributed by atoms with Crippen LogP contribution in [0.1, 0.15) is 10.5 Å². The number of carbonyl (C=O) groups excluding carboxylic acids is 2. The molecule has 0 fully saturated rings. The first-order valence-electron chi connectivity index (χ1n) is 6.88. The van der Waals surface area contributed by atoms with E-state index in [-0.39, 0.29) is 18.4 Å². The van der Waals surface area contributed by atoms with Gasteiger partial charge < -0.3 is 15.5 Å². The summed E-state index contributed by atoms with van der Waals surface area (Å²) >= 11 is 0. The number of hydrogen-bond donors (Lipinski definition) is 3. The summed E-state index contributed by atoms with van der Waals surface area (Å²) in [5.74, 6) is 0.0304. The van der Waals surface area contributed by atoms with Crippen LogP contribution in [0.4, 0.5) is 0 Å². The van der Waals surface area contributed by atoms with Crippen molar-refractivity contribution in [3.63, 3.8) is 0 Å². The molecule has 0 spiro atoms. The second-order valence-corrected chi connectivity index (χ2v) is 4.91. The fourth-order valence-electron chi connectivity index (χ4n) is 2.43. The monoisotopic (exact) mass is 312 g/mol. The Bertz CT molecular complexity index is 855. The summed E-state index contributed by atoms with van der Waals surface area (Å²) in [7, 11) is 0.